The Balaban J connectivity index is 0.000000212. The Morgan fingerprint density at radius 1 is 1.00 bits per heavy atom. The second-order valence-corrected chi connectivity index (χ2v) is 7.88. The molecule has 152 valence electrons. The fraction of sp³-hybridized carbons (Fsp3) is 0. The maximum Gasteiger partial charge on any atom is 0.317 e. The zero-order valence-electron chi connectivity index (χ0n) is 15.5. The maximum absolute atomic E-state index is 13.0. The molecular formula is C21H17FN4O2S2. The number of carbonyl (C=O) groups excluding carboxylic acids is 2. The van der Waals surface area contributed by atoms with Crippen LogP contribution in [0.4, 0.5) is 20.7 Å². The summed E-state index contributed by atoms with van der Waals surface area (Å²) >= 11 is 5.98. The molecule has 3 amide bonds. The van der Waals surface area contributed by atoms with E-state index >= 15 is 0 Å². The number of nitrogens with zero attached hydrogens (tertiary/aromatic N) is 1. The Morgan fingerprint density at radius 2 is 1.80 bits per heavy atom. The first-order valence-corrected chi connectivity index (χ1v) is 9.94. The fourth-order valence-electron chi connectivity index (χ4n) is 2.47. The number of nitrogens with two attached hydrogens (primary N) is 1. The van der Waals surface area contributed by atoms with E-state index in [4.69, 9.17) is 5.73 Å². The number of pyridine rings is 1. The van der Waals surface area contributed by atoms with Crippen molar-refractivity contribution in [1.82, 2.24) is 4.98 Å². The fourth-order valence-corrected chi connectivity index (χ4v) is 3.71. The maximum atomic E-state index is 13.0. The number of hydrogen-bond donors (Lipinski definition) is 4. The van der Waals surface area contributed by atoms with Crippen LogP contribution in [0.3, 0.4) is 0 Å². The molecule has 4 rings (SSSR count). The molecule has 0 spiro atoms. The van der Waals surface area contributed by atoms with Gasteiger partial charge in [0.15, 0.2) is 0 Å². The molecule has 0 fully saturated rings. The van der Waals surface area contributed by atoms with Gasteiger partial charge in [0.25, 0.3) is 5.91 Å². The number of anilines is 2. The Hall–Kier alpha value is -3.43. The van der Waals surface area contributed by atoms with E-state index in [1.165, 1.54) is 46.6 Å². The molecule has 0 atom stereocenters. The Kier molecular flexibility index (Phi) is 6.99. The summed E-state index contributed by atoms with van der Waals surface area (Å²) in [4.78, 5) is 26.3. The van der Waals surface area contributed by atoms with Crippen LogP contribution < -0.4 is 16.4 Å². The van der Waals surface area contributed by atoms with E-state index in [2.05, 4.69) is 46.4 Å². The summed E-state index contributed by atoms with van der Waals surface area (Å²) in [7, 11) is 0. The van der Waals surface area contributed by atoms with Gasteiger partial charge in [-0.05, 0) is 47.9 Å². The summed E-state index contributed by atoms with van der Waals surface area (Å²) in [6, 6.07) is 18.0. The average Bonchev–Trinajstić information content (AvgIpc) is 3.09. The Morgan fingerprint density at radius 3 is 2.47 bits per heavy atom. The number of rotatable bonds is 3. The van der Waals surface area contributed by atoms with Crippen molar-refractivity contribution >= 4 is 57.5 Å². The lowest BCUT2D eigenvalue weighted by Crippen LogP contribution is -2.20. The van der Waals surface area contributed by atoms with Crippen LogP contribution in [-0.4, -0.2) is 16.9 Å². The third-order valence-electron chi connectivity index (χ3n) is 3.77. The first-order valence-electron chi connectivity index (χ1n) is 8.67. The first-order chi connectivity index (χ1) is 14.4. The molecule has 0 saturated carbocycles. The van der Waals surface area contributed by atoms with Gasteiger partial charge in [0, 0.05) is 10.3 Å². The molecule has 0 bridgehead atoms. The van der Waals surface area contributed by atoms with E-state index in [9.17, 15) is 14.0 Å². The predicted octanol–water partition coefficient (Wildman–Crippen LogP) is 5.15. The molecule has 6 nitrogen and oxygen atoms in total. The summed E-state index contributed by atoms with van der Waals surface area (Å²) in [6.07, 6.45) is 1.35. The van der Waals surface area contributed by atoms with Gasteiger partial charge in [0.05, 0.1) is 16.1 Å². The van der Waals surface area contributed by atoms with Crippen molar-refractivity contribution in [1.29, 1.82) is 0 Å². The van der Waals surface area contributed by atoms with E-state index in [0.29, 0.717) is 5.69 Å². The highest BCUT2D eigenvalue weighted by molar-refractivity contribution is 7.83. The SMILES string of the molecule is NC(=O)Nc1ccc(NC(=O)c2cccc(F)c2)cn1.Sc1cc2ccccc2s1. The zero-order chi connectivity index (χ0) is 21.5. The van der Waals surface area contributed by atoms with Gasteiger partial charge in [0.1, 0.15) is 11.6 Å². The quantitative estimate of drug-likeness (QED) is 0.332. The number of primary amides is 1. The first kappa shape index (κ1) is 21.3. The molecular weight excluding hydrogens is 423 g/mol. The molecule has 0 aliphatic rings. The second-order valence-electron chi connectivity index (χ2n) is 6.01. The molecule has 4 aromatic rings. The van der Waals surface area contributed by atoms with Crippen LogP contribution in [0, 0.1) is 5.82 Å². The van der Waals surface area contributed by atoms with Crippen molar-refractivity contribution < 1.29 is 14.0 Å². The number of urea groups is 1. The number of halogens is 1. The number of thiophene rings is 1. The van der Waals surface area contributed by atoms with E-state index in [0.717, 1.165) is 10.3 Å². The molecule has 0 aliphatic carbocycles. The number of nitrogens with one attached hydrogen (secondary N) is 2. The lowest BCUT2D eigenvalue weighted by Gasteiger charge is -2.06. The Labute approximate surface area is 181 Å². The summed E-state index contributed by atoms with van der Waals surface area (Å²) < 4.78 is 15.4. The lowest BCUT2D eigenvalue weighted by atomic mass is 10.2. The number of carbonyl (C=O) groups is 2. The molecule has 2 heterocycles. The van der Waals surface area contributed by atoms with E-state index < -0.39 is 17.8 Å². The van der Waals surface area contributed by atoms with Gasteiger partial charge in [0.2, 0.25) is 0 Å². The highest BCUT2D eigenvalue weighted by Gasteiger charge is 2.07. The Bertz CT molecular complexity index is 1150. The van der Waals surface area contributed by atoms with Crippen molar-refractivity contribution in [3.63, 3.8) is 0 Å². The molecule has 4 N–H and O–H groups in total. The van der Waals surface area contributed by atoms with Crippen LogP contribution in [0.2, 0.25) is 0 Å². The minimum Gasteiger partial charge on any atom is -0.351 e. The van der Waals surface area contributed by atoms with Crippen molar-refractivity contribution in [2.45, 2.75) is 4.21 Å². The second kappa shape index (κ2) is 9.86. The van der Waals surface area contributed by atoms with Crippen molar-refractivity contribution in [3.8, 4) is 0 Å². The highest BCUT2D eigenvalue weighted by Crippen LogP contribution is 2.27. The van der Waals surface area contributed by atoms with Crippen LogP contribution in [-0.2, 0) is 0 Å². The minimum atomic E-state index is -0.728. The predicted molar refractivity (Wildman–Crippen MR) is 121 cm³/mol. The molecule has 2 aromatic carbocycles. The summed E-state index contributed by atoms with van der Waals surface area (Å²) in [5.74, 6) is -0.681. The smallest absolute Gasteiger partial charge is 0.317 e. The van der Waals surface area contributed by atoms with Crippen LogP contribution in [0.15, 0.2) is 77.1 Å². The van der Waals surface area contributed by atoms with Gasteiger partial charge in [-0.1, -0.05) is 24.3 Å². The number of aromatic nitrogens is 1. The van der Waals surface area contributed by atoms with Crippen molar-refractivity contribution in [3.05, 3.63) is 84.3 Å². The van der Waals surface area contributed by atoms with Crippen LogP contribution in [0.5, 0.6) is 0 Å². The summed E-state index contributed by atoms with van der Waals surface area (Å²) in [6.45, 7) is 0. The summed E-state index contributed by atoms with van der Waals surface area (Å²) in [5.41, 5.74) is 5.55. The highest BCUT2D eigenvalue weighted by atomic mass is 32.2. The number of thiol groups is 1. The van der Waals surface area contributed by atoms with E-state index in [-0.39, 0.29) is 11.4 Å². The largest absolute Gasteiger partial charge is 0.351 e. The zero-order valence-corrected chi connectivity index (χ0v) is 17.2. The van der Waals surface area contributed by atoms with Gasteiger partial charge >= 0.3 is 6.03 Å². The molecule has 2 aromatic heterocycles. The third kappa shape index (κ3) is 6.03. The van der Waals surface area contributed by atoms with E-state index in [1.807, 2.05) is 12.1 Å². The number of hydrogen-bond acceptors (Lipinski definition) is 5. The minimum absolute atomic E-state index is 0.198. The number of fused-ring (bicyclic) bond motifs is 1. The lowest BCUT2D eigenvalue weighted by molar-refractivity contribution is 0.102. The van der Waals surface area contributed by atoms with Gasteiger partial charge in [-0.15, -0.1) is 24.0 Å². The van der Waals surface area contributed by atoms with Gasteiger partial charge in [-0.3, -0.25) is 10.1 Å². The number of amides is 3. The molecule has 0 aliphatic heterocycles. The van der Waals surface area contributed by atoms with Gasteiger partial charge < -0.3 is 11.1 Å². The average molecular weight is 441 g/mol. The van der Waals surface area contributed by atoms with Crippen LogP contribution in [0.25, 0.3) is 10.1 Å². The monoisotopic (exact) mass is 440 g/mol. The molecule has 30 heavy (non-hydrogen) atoms. The normalized spacial score (nSPS) is 10.1. The standard InChI is InChI=1S/C13H11FN4O2.C8H6S2/c14-9-3-1-2-8(6-9)12(19)17-10-4-5-11(16-7-10)18-13(15)20;9-8-5-6-3-1-2-4-7(6)10-8/h1-7H,(H,17,19)(H3,15,16,18,20);1-5,9H. The molecule has 0 unspecified atom stereocenters. The van der Waals surface area contributed by atoms with Crippen molar-refractivity contribution in [2.75, 3.05) is 10.6 Å². The van der Waals surface area contributed by atoms with Crippen LogP contribution in [0.1, 0.15) is 10.4 Å². The third-order valence-corrected chi connectivity index (χ3v) is 5.09. The van der Waals surface area contributed by atoms with Crippen LogP contribution >= 0.6 is 24.0 Å². The molecule has 0 saturated heterocycles. The summed E-state index contributed by atoms with van der Waals surface area (Å²) in [5, 5.41) is 6.13. The van der Waals surface area contributed by atoms with Gasteiger partial charge in [-0.25, -0.2) is 14.2 Å². The van der Waals surface area contributed by atoms with Crippen molar-refractivity contribution in [2.24, 2.45) is 5.73 Å². The molecule has 9 heteroatoms. The van der Waals surface area contributed by atoms with Gasteiger partial charge in [-0.2, -0.15) is 0 Å². The molecule has 0 radical (unpaired) electrons. The van der Waals surface area contributed by atoms with E-state index in [1.54, 1.807) is 11.3 Å². The topological polar surface area (TPSA) is 97.1 Å². The number of benzene rings is 2.